The topological polar surface area (TPSA) is 20.2 Å². The number of rotatable bonds is 13. The van der Waals surface area contributed by atoms with E-state index in [9.17, 15) is 5.11 Å². The molecule has 0 heterocycles. The number of hydrogen-bond acceptors (Lipinski definition) is 1. The number of aliphatic hydroxyl groups excluding tert-OH is 1. The molecular weight excluding hydrogens is 318 g/mol. The quantitative estimate of drug-likeness (QED) is 0.424. The van der Waals surface area contributed by atoms with Crippen molar-refractivity contribution >= 4 is 0 Å². The number of quaternary nitrogens is 1. The van der Waals surface area contributed by atoms with E-state index in [1.807, 2.05) is 0 Å². The lowest BCUT2D eigenvalue weighted by Crippen LogP contribution is -3.00. The third-order valence-electron chi connectivity index (χ3n) is 4.55. The van der Waals surface area contributed by atoms with E-state index in [0.717, 1.165) is 24.0 Å². The van der Waals surface area contributed by atoms with Crippen LogP contribution in [0.4, 0.5) is 0 Å². The van der Waals surface area contributed by atoms with Crippen LogP contribution in [0.3, 0.4) is 0 Å². The van der Waals surface area contributed by atoms with Crippen LogP contribution in [-0.2, 0) is 6.54 Å². The van der Waals surface area contributed by atoms with Gasteiger partial charge in [-0.2, -0.15) is 0 Å². The van der Waals surface area contributed by atoms with Crippen molar-refractivity contribution in [1.29, 1.82) is 0 Å². The molecule has 0 bridgehead atoms. The molecule has 2 nitrogen and oxygen atoms in total. The third kappa shape index (κ3) is 11.9. The second-order valence-corrected chi connectivity index (χ2v) is 7.68. The molecule has 0 fully saturated rings. The Morgan fingerprint density at radius 2 is 1.42 bits per heavy atom. The normalized spacial score (nSPS) is 12.7. The Labute approximate surface area is 156 Å². The molecule has 1 N–H and O–H groups in total. The van der Waals surface area contributed by atoms with Gasteiger partial charge in [0.1, 0.15) is 19.2 Å². The summed E-state index contributed by atoms with van der Waals surface area (Å²) in [4.78, 5) is 0. The lowest BCUT2D eigenvalue weighted by molar-refractivity contribution is -0.906. The number of likely N-dealkylation sites (N-methyl/N-ethyl adjacent to an activating group) is 1. The van der Waals surface area contributed by atoms with Crippen molar-refractivity contribution in [3.63, 3.8) is 0 Å². The van der Waals surface area contributed by atoms with E-state index in [0.29, 0.717) is 0 Å². The van der Waals surface area contributed by atoms with Crippen molar-refractivity contribution in [2.75, 3.05) is 20.6 Å². The minimum absolute atomic E-state index is 0. The largest absolute Gasteiger partial charge is 1.00 e. The summed E-state index contributed by atoms with van der Waals surface area (Å²) in [6.07, 6.45) is 11.4. The van der Waals surface area contributed by atoms with Gasteiger partial charge in [0.2, 0.25) is 0 Å². The van der Waals surface area contributed by atoms with Gasteiger partial charge in [-0.25, -0.2) is 0 Å². The summed E-state index contributed by atoms with van der Waals surface area (Å²) in [6, 6.07) is 10.6. The van der Waals surface area contributed by atoms with Crippen molar-refractivity contribution in [2.24, 2.45) is 0 Å². The fraction of sp³-hybridized carbons (Fsp3) is 0.714. The molecule has 1 unspecified atom stereocenters. The third-order valence-corrected chi connectivity index (χ3v) is 4.55. The van der Waals surface area contributed by atoms with E-state index in [2.05, 4.69) is 51.4 Å². The van der Waals surface area contributed by atoms with Crippen molar-refractivity contribution in [3.8, 4) is 0 Å². The molecule has 0 saturated carbocycles. The smallest absolute Gasteiger partial charge is 0.105 e. The highest BCUT2D eigenvalue weighted by Gasteiger charge is 2.20. The van der Waals surface area contributed by atoms with Crippen LogP contribution in [0.15, 0.2) is 30.3 Å². The fourth-order valence-corrected chi connectivity index (χ4v) is 3.32. The average molecular weight is 356 g/mol. The van der Waals surface area contributed by atoms with Gasteiger partial charge in [0.05, 0.1) is 14.1 Å². The van der Waals surface area contributed by atoms with Gasteiger partial charge in [0.15, 0.2) is 0 Å². The molecule has 1 atom stereocenters. The number of unbranched alkanes of at least 4 members (excludes halogenated alkanes) is 7. The molecule has 0 aliphatic rings. The highest BCUT2D eigenvalue weighted by molar-refractivity contribution is 5.13. The maximum atomic E-state index is 10.3. The first-order valence-corrected chi connectivity index (χ1v) is 9.57. The van der Waals surface area contributed by atoms with Crippen molar-refractivity contribution in [1.82, 2.24) is 0 Å². The van der Waals surface area contributed by atoms with E-state index in [-0.39, 0.29) is 18.5 Å². The molecule has 3 heteroatoms. The van der Waals surface area contributed by atoms with Crippen LogP contribution in [0, 0.1) is 0 Å². The number of halogens is 1. The van der Waals surface area contributed by atoms with E-state index >= 15 is 0 Å². The standard InChI is InChI=1S/C21H38NO.ClH/c1-4-5-6-7-8-9-10-14-17-21(23)19-22(2,3)18-20-15-12-11-13-16-20;/h11-13,15-16,21,23H,4-10,14,17-19H2,1-3H3;1H/q+1;/p-1. The Balaban J connectivity index is 0.00000529. The Morgan fingerprint density at radius 1 is 0.875 bits per heavy atom. The molecule has 0 aliphatic heterocycles. The SMILES string of the molecule is CCCCCCCCCCC(O)C[N+](C)(C)Cc1ccccc1.[Cl-]. The van der Waals surface area contributed by atoms with Gasteiger partial charge in [-0.3, -0.25) is 0 Å². The van der Waals surface area contributed by atoms with Crippen LogP contribution >= 0.6 is 0 Å². The van der Waals surface area contributed by atoms with E-state index in [1.54, 1.807) is 0 Å². The van der Waals surface area contributed by atoms with Crippen LogP contribution in [0.1, 0.15) is 70.3 Å². The Kier molecular flexibility index (Phi) is 13.4. The minimum Gasteiger partial charge on any atom is -1.00 e. The van der Waals surface area contributed by atoms with Crippen LogP contribution in [-0.4, -0.2) is 36.3 Å². The lowest BCUT2D eigenvalue weighted by atomic mass is 10.0. The Bertz CT molecular complexity index is 394. The van der Waals surface area contributed by atoms with Gasteiger partial charge in [0, 0.05) is 5.56 Å². The van der Waals surface area contributed by atoms with Crippen LogP contribution in [0.2, 0.25) is 0 Å². The van der Waals surface area contributed by atoms with Gasteiger partial charge >= 0.3 is 0 Å². The number of aliphatic hydroxyl groups is 1. The summed E-state index contributed by atoms with van der Waals surface area (Å²) in [5, 5.41) is 10.3. The molecule has 140 valence electrons. The first kappa shape index (κ1) is 23.4. The van der Waals surface area contributed by atoms with Crippen LogP contribution in [0.5, 0.6) is 0 Å². The summed E-state index contributed by atoms with van der Waals surface area (Å²) in [6.45, 7) is 4.08. The van der Waals surface area contributed by atoms with Crippen molar-refractivity contribution in [2.45, 2.75) is 77.4 Å². The molecule has 1 aromatic rings. The highest BCUT2D eigenvalue weighted by Crippen LogP contribution is 2.14. The second kappa shape index (κ2) is 13.7. The van der Waals surface area contributed by atoms with Gasteiger partial charge in [-0.15, -0.1) is 0 Å². The first-order valence-electron chi connectivity index (χ1n) is 9.57. The molecule has 0 aromatic heterocycles. The molecule has 0 amide bonds. The van der Waals surface area contributed by atoms with Gasteiger partial charge in [0.25, 0.3) is 0 Å². The van der Waals surface area contributed by atoms with Crippen LogP contribution in [0.25, 0.3) is 0 Å². The van der Waals surface area contributed by atoms with E-state index in [4.69, 9.17) is 0 Å². The molecule has 24 heavy (non-hydrogen) atoms. The zero-order valence-corrected chi connectivity index (χ0v) is 16.8. The maximum absolute atomic E-state index is 10.3. The Morgan fingerprint density at radius 3 is 2.00 bits per heavy atom. The first-order chi connectivity index (χ1) is 11.0. The molecular formula is C21H38ClNO. The summed E-state index contributed by atoms with van der Waals surface area (Å²) in [7, 11) is 4.42. The maximum Gasteiger partial charge on any atom is 0.105 e. The van der Waals surface area contributed by atoms with Crippen LogP contribution < -0.4 is 12.4 Å². The van der Waals surface area contributed by atoms with Crippen molar-refractivity contribution < 1.29 is 22.0 Å². The fourth-order valence-electron chi connectivity index (χ4n) is 3.32. The number of hydrogen-bond donors (Lipinski definition) is 1. The number of benzene rings is 1. The predicted octanol–water partition coefficient (Wildman–Crippen LogP) is 2.16. The molecule has 1 aromatic carbocycles. The Hall–Kier alpha value is -0.570. The summed E-state index contributed by atoms with van der Waals surface area (Å²) >= 11 is 0. The lowest BCUT2D eigenvalue weighted by Gasteiger charge is -2.32. The molecule has 0 spiro atoms. The summed E-state index contributed by atoms with van der Waals surface area (Å²) in [5.41, 5.74) is 1.34. The molecule has 1 rings (SSSR count). The van der Waals surface area contributed by atoms with Gasteiger partial charge in [-0.05, 0) is 6.42 Å². The van der Waals surface area contributed by atoms with E-state index < -0.39 is 0 Å². The van der Waals surface area contributed by atoms with Gasteiger partial charge in [-0.1, -0.05) is 88.6 Å². The predicted molar refractivity (Wildman–Crippen MR) is 100 cm³/mol. The zero-order chi connectivity index (χ0) is 17.0. The summed E-state index contributed by atoms with van der Waals surface area (Å²) in [5.74, 6) is 0. The summed E-state index contributed by atoms with van der Waals surface area (Å²) < 4.78 is 0.849. The zero-order valence-electron chi connectivity index (χ0n) is 16.0. The molecule has 0 aliphatic carbocycles. The molecule has 0 radical (unpaired) electrons. The monoisotopic (exact) mass is 355 g/mol. The average Bonchev–Trinajstić information content (AvgIpc) is 2.50. The highest BCUT2D eigenvalue weighted by atomic mass is 35.5. The van der Waals surface area contributed by atoms with Crippen molar-refractivity contribution in [3.05, 3.63) is 35.9 Å². The number of nitrogens with zero attached hydrogens (tertiary/aromatic N) is 1. The van der Waals surface area contributed by atoms with Gasteiger partial charge < -0.3 is 22.0 Å². The second-order valence-electron chi connectivity index (χ2n) is 7.68. The molecule has 0 saturated heterocycles. The minimum atomic E-state index is -0.172. The van der Waals surface area contributed by atoms with E-state index in [1.165, 1.54) is 56.9 Å².